The number of benzene rings is 2. The molecule has 0 heterocycles. The van der Waals surface area contributed by atoms with E-state index in [1.54, 1.807) is 49.4 Å². The summed E-state index contributed by atoms with van der Waals surface area (Å²) in [5.74, 6) is 0. The van der Waals surface area contributed by atoms with Crippen molar-refractivity contribution >= 4 is 17.2 Å². The molecule has 0 aromatic heterocycles. The van der Waals surface area contributed by atoms with Gasteiger partial charge in [0.15, 0.2) is 0 Å². The summed E-state index contributed by atoms with van der Waals surface area (Å²) in [5, 5.41) is 0. The lowest BCUT2D eigenvalue weighted by atomic mass is 10.1. The van der Waals surface area contributed by atoms with E-state index in [2.05, 4.69) is 4.18 Å². The first kappa shape index (κ1) is 18.9. The van der Waals surface area contributed by atoms with Gasteiger partial charge in [-0.2, -0.15) is 17.6 Å². The molecule has 2 aromatic carbocycles. The molecule has 2 nitrogen and oxygen atoms in total. The van der Waals surface area contributed by atoms with Crippen LogP contribution in [0.4, 0.5) is 17.6 Å². The quantitative estimate of drug-likeness (QED) is 0.395. The molecule has 0 N–H and O–H groups in total. The third-order valence-electron chi connectivity index (χ3n) is 3.12. The van der Waals surface area contributed by atoms with Crippen LogP contribution in [0.5, 0.6) is 0 Å². The van der Waals surface area contributed by atoms with Gasteiger partial charge in [0.05, 0.1) is 4.90 Å². The zero-order chi connectivity index (χ0) is 18.4. The molecule has 0 spiro atoms. The molecule has 0 fully saturated rings. The van der Waals surface area contributed by atoms with Crippen molar-refractivity contribution in [1.82, 2.24) is 0 Å². The first-order valence-corrected chi connectivity index (χ1v) is 8.22. The van der Waals surface area contributed by atoms with Crippen LogP contribution in [0, 0.1) is 6.92 Å². The number of hydrogen-bond acceptors (Lipinski definition) is 2. The highest BCUT2D eigenvalue weighted by molar-refractivity contribution is 7.80. The molecule has 0 amide bonds. The topological polar surface area (TPSA) is 26.3 Å². The molecule has 2 rings (SSSR count). The lowest BCUT2D eigenvalue weighted by molar-refractivity contribution is -0.0920. The van der Waals surface area contributed by atoms with Gasteiger partial charge in [-0.25, -0.2) is 4.21 Å². The van der Waals surface area contributed by atoms with Crippen molar-refractivity contribution in [2.75, 3.05) is 0 Å². The van der Waals surface area contributed by atoms with Gasteiger partial charge in [0.25, 0.3) is 0 Å². The van der Waals surface area contributed by atoms with Crippen molar-refractivity contribution in [3.63, 3.8) is 0 Å². The van der Waals surface area contributed by atoms with Crippen LogP contribution in [-0.4, -0.2) is 10.4 Å². The third kappa shape index (κ3) is 5.56. The molecule has 0 saturated carbocycles. The van der Waals surface area contributed by atoms with Gasteiger partial charge in [0.1, 0.15) is 5.57 Å². The summed E-state index contributed by atoms with van der Waals surface area (Å²) in [6, 6.07) is 12.1. The summed E-state index contributed by atoms with van der Waals surface area (Å²) >= 11 is -2.39. The average molecular weight is 370 g/mol. The fourth-order valence-corrected chi connectivity index (χ4v) is 2.50. The van der Waals surface area contributed by atoms with E-state index in [9.17, 15) is 21.8 Å². The number of alkyl halides is 3. The monoisotopic (exact) mass is 370 g/mol. The number of halogens is 4. The molecule has 0 radical (unpaired) electrons. The van der Waals surface area contributed by atoms with Gasteiger partial charge in [-0.1, -0.05) is 54.1 Å². The lowest BCUT2D eigenvalue weighted by Crippen LogP contribution is -2.13. The summed E-state index contributed by atoms with van der Waals surface area (Å²) < 4.78 is 69.4. The summed E-state index contributed by atoms with van der Waals surface area (Å²) in [6.07, 6.45) is -3.34. The smallest absolute Gasteiger partial charge is 0.366 e. The van der Waals surface area contributed by atoms with Crippen LogP contribution in [0.15, 0.2) is 77.2 Å². The van der Waals surface area contributed by atoms with E-state index in [-0.39, 0.29) is 4.90 Å². The van der Waals surface area contributed by atoms with Crippen LogP contribution in [-0.2, 0) is 15.3 Å². The second-order valence-electron chi connectivity index (χ2n) is 5.06. The second kappa shape index (κ2) is 8.11. The zero-order valence-corrected chi connectivity index (χ0v) is 13.9. The summed E-state index contributed by atoms with van der Waals surface area (Å²) in [5.41, 5.74) is -0.327. The largest absolute Gasteiger partial charge is 0.422 e. The van der Waals surface area contributed by atoms with Crippen LogP contribution in [0.25, 0.3) is 6.08 Å². The van der Waals surface area contributed by atoms with Crippen molar-refractivity contribution in [3.05, 3.63) is 83.4 Å². The van der Waals surface area contributed by atoms with Crippen LogP contribution in [0.2, 0.25) is 0 Å². The van der Waals surface area contributed by atoms with Crippen LogP contribution < -0.4 is 0 Å². The molecule has 1 unspecified atom stereocenters. The Morgan fingerprint density at radius 1 is 1.04 bits per heavy atom. The Hall–Kier alpha value is -2.41. The van der Waals surface area contributed by atoms with E-state index in [1.807, 2.05) is 0 Å². The Kier molecular flexibility index (Phi) is 6.14. The Labute approximate surface area is 145 Å². The predicted octanol–water partition coefficient (Wildman–Crippen LogP) is 5.49. The van der Waals surface area contributed by atoms with Crippen molar-refractivity contribution < 1.29 is 26.0 Å². The van der Waals surface area contributed by atoms with Crippen LogP contribution in [0.3, 0.4) is 0 Å². The summed E-state index contributed by atoms with van der Waals surface area (Å²) in [4.78, 5) is 0.0642. The average Bonchev–Trinajstić information content (AvgIpc) is 2.55. The molecule has 0 aliphatic rings. The molecule has 0 aliphatic heterocycles. The molecular formula is C18H14F4O2S. The summed E-state index contributed by atoms with van der Waals surface area (Å²) in [6.45, 7) is 1.78. The number of aryl methyl sites for hydroxylation is 1. The van der Waals surface area contributed by atoms with Gasteiger partial charge in [0, 0.05) is 0 Å². The minimum absolute atomic E-state index is 0.0642. The van der Waals surface area contributed by atoms with Gasteiger partial charge >= 0.3 is 12.2 Å². The Balaban J connectivity index is 2.27. The van der Waals surface area contributed by atoms with E-state index >= 15 is 0 Å². The minimum atomic E-state index is -4.99. The van der Waals surface area contributed by atoms with Crippen molar-refractivity contribution in [1.29, 1.82) is 0 Å². The molecule has 1 atom stereocenters. The Morgan fingerprint density at radius 3 is 2.20 bits per heavy atom. The Bertz CT molecular complexity index is 794. The molecule has 0 bridgehead atoms. The van der Waals surface area contributed by atoms with Gasteiger partial charge in [-0.05, 0) is 30.7 Å². The molecule has 0 aliphatic carbocycles. The highest BCUT2D eigenvalue weighted by atomic mass is 32.2. The van der Waals surface area contributed by atoms with E-state index < -0.39 is 28.8 Å². The van der Waals surface area contributed by atoms with Crippen molar-refractivity contribution in [2.24, 2.45) is 0 Å². The van der Waals surface area contributed by atoms with Gasteiger partial charge in [0.2, 0.25) is 11.1 Å². The van der Waals surface area contributed by atoms with Crippen molar-refractivity contribution in [2.45, 2.75) is 18.0 Å². The lowest BCUT2D eigenvalue weighted by Gasteiger charge is -2.10. The maximum Gasteiger partial charge on any atom is 0.422 e. The number of hydrogen-bond donors (Lipinski definition) is 0. The van der Waals surface area contributed by atoms with E-state index in [0.717, 1.165) is 11.6 Å². The van der Waals surface area contributed by atoms with Gasteiger partial charge < -0.3 is 4.18 Å². The normalized spacial score (nSPS) is 14.3. The predicted molar refractivity (Wildman–Crippen MR) is 88.3 cm³/mol. The SMILES string of the molecule is Cc1ccc(S(=O)O/C(F)=C(\C=C\c2ccccc2)C(F)(F)F)cc1. The highest BCUT2D eigenvalue weighted by Crippen LogP contribution is 2.32. The second-order valence-corrected chi connectivity index (χ2v) is 6.17. The minimum Gasteiger partial charge on any atom is -0.366 e. The summed E-state index contributed by atoms with van der Waals surface area (Å²) in [7, 11) is 0. The molecule has 0 saturated heterocycles. The molecule has 7 heteroatoms. The third-order valence-corrected chi connectivity index (χ3v) is 4.08. The molecular weight excluding hydrogens is 356 g/mol. The van der Waals surface area contributed by atoms with E-state index in [0.29, 0.717) is 11.6 Å². The van der Waals surface area contributed by atoms with E-state index in [1.165, 1.54) is 12.1 Å². The van der Waals surface area contributed by atoms with Gasteiger partial charge in [-0.3, -0.25) is 0 Å². The first-order chi connectivity index (χ1) is 11.8. The van der Waals surface area contributed by atoms with Crippen molar-refractivity contribution in [3.8, 4) is 0 Å². The van der Waals surface area contributed by atoms with Gasteiger partial charge in [-0.15, -0.1) is 0 Å². The maximum atomic E-state index is 14.0. The number of allylic oxidation sites excluding steroid dienone is 2. The van der Waals surface area contributed by atoms with Crippen LogP contribution in [0.1, 0.15) is 11.1 Å². The Morgan fingerprint density at radius 2 is 1.64 bits per heavy atom. The van der Waals surface area contributed by atoms with Crippen LogP contribution >= 0.6 is 0 Å². The fourth-order valence-electron chi connectivity index (χ4n) is 1.82. The first-order valence-electron chi connectivity index (χ1n) is 7.14. The highest BCUT2D eigenvalue weighted by Gasteiger charge is 2.37. The maximum absolute atomic E-state index is 14.0. The zero-order valence-electron chi connectivity index (χ0n) is 13.1. The molecule has 25 heavy (non-hydrogen) atoms. The standard InChI is InChI=1S/C18H14F4O2S/c1-13-7-10-15(11-8-13)25(23)24-17(19)16(18(20,21)22)12-9-14-5-3-2-4-6-14/h2-12H,1H3/b12-9+,17-16+. The molecule has 132 valence electrons. The molecule has 2 aromatic rings. The van der Waals surface area contributed by atoms with E-state index in [4.69, 9.17) is 0 Å². The fraction of sp³-hybridized carbons (Fsp3) is 0.111. The number of rotatable bonds is 5.